The SMILES string of the molecule is COc1cc(O[C@@H]2O[C@H](CO)[C@@H](O)[C@H](O)[C@H]2O)cc(C(=O)C(=O)c2ccc(O[C@@H]3O[C@H](CO)[C@@H](O)[C@H](O)[C@H]3O)c(OC)c2)c1. The second-order valence-corrected chi connectivity index (χ2v) is 10.1. The highest BCUT2D eigenvalue weighted by molar-refractivity contribution is 6.49. The van der Waals surface area contributed by atoms with Crippen LogP contribution >= 0.6 is 0 Å². The van der Waals surface area contributed by atoms with E-state index in [4.69, 9.17) is 28.4 Å². The minimum Gasteiger partial charge on any atom is -0.497 e. The maximum atomic E-state index is 13.2. The summed E-state index contributed by atoms with van der Waals surface area (Å²) < 4.78 is 32.3. The number of ether oxygens (including phenoxy) is 6. The first-order chi connectivity index (χ1) is 20.9. The maximum Gasteiger partial charge on any atom is 0.233 e. The van der Waals surface area contributed by atoms with Gasteiger partial charge in [-0.3, -0.25) is 9.59 Å². The Hall–Kier alpha value is -3.42. The van der Waals surface area contributed by atoms with Gasteiger partial charge >= 0.3 is 0 Å². The lowest BCUT2D eigenvalue weighted by molar-refractivity contribution is -0.277. The van der Waals surface area contributed by atoms with E-state index in [1.165, 1.54) is 44.6 Å². The molecule has 2 heterocycles. The fourth-order valence-electron chi connectivity index (χ4n) is 4.65. The topological polar surface area (TPSA) is 251 Å². The Morgan fingerprint density at radius 1 is 0.614 bits per heavy atom. The predicted molar refractivity (Wildman–Crippen MR) is 143 cm³/mol. The van der Waals surface area contributed by atoms with Crippen LogP contribution in [0.25, 0.3) is 0 Å². The molecule has 2 aromatic rings. The molecule has 0 amide bonds. The summed E-state index contributed by atoms with van der Waals surface area (Å²) in [6.07, 6.45) is -15.6. The van der Waals surface area contributed by atoms with Crippen molar-refractivity contribution >= 4 is 11.6 Å². The van der Waals surface area contributed by atoms with Gasteiger partial charge < -0.3 is 69.3 Å². The molecule has 16 heteroatoms. The fourth-order valence-corrected chi connectivity index (χ4v) is 4.65. The summed E-state index contributed by atoms with van der Waals surface area (Å²) in [5.74, 6) is -2.13. The zero-order chi connectivity index (χ0) is 32.3. The van der Waals surface area contributed by atoms with Gasteiger partial charge in [-0.15, -0.1) is 0 Å². The van der Waals surface area contributed by atoms with Crippen LogP contribution in [0.2, 0.25) is 0 Å². The monoisotopic (exact) mass is 626 g/mol. The normalized spacial score (nSPS) is 32.0. The number of ketones is 2. The molecule has 0 unspecified atom stereocenters. The molecule has 2 aliphatic heterocycles. The van der Waals surface area contributed by atoms with E-state index in [0.29, 0.717) is 0 Å². The second-order valence-electron chi connectivity index (χ2n) is 10.1. The van der Waals surface area contributed by atoms with Crippen molar-refractivity contribution in [2.24, 2.45) is 0 Å². The number of aliphatic hydroxyl groups excluding tert-OH is 8. The lowest BCUT2D eigenvalue weighted by atomic mass is 9.99. The van der Waals surface area contributed by atoms with E-state index in [1.54, 1.807) is 0 Å². The third kappa shape index (κ3) is 6.79. The average molecular weight is 627 g/mol. The van der Waals surface area contributed by atoms with Crippen molar-refractivity contribution < 1.29 is 78.9 Å². The van der Waals surface area contributed by atoms with Gasteiger partial charge in [0, 0.05) is 17.2 Å². The van der Waals surface area contributed by atoms with Crippen molar-refractivity contribution in [2.75, 3.05) is 27.4 Å². The van der Waals surface area contributed by atoms with Gasteiger partial charge in [0.15, 0.2) is 11.5 Å². The lowest BCUT2D eigenvalue weighted by Crippen LogP contribution is -2.60. The molecule has 16 nitrogen and oxygen atoms in total. The molecule has 2 aromatic carbocycles. The molecular formula is C28H34O16. The van der Waals surface area contributed by atoms with Gasteiger partial charge in [0.05, 0.1) is 27.4 Å². The molecular weight excluding hydrogens is 592 g/mol. The summed E-state index contributed by atoms with van der Waals surface area (Å²) in [5.41, 5.74) is -0.318. The largest absolute Gasteiger partial charge is 0.497 e. The first-order valence-electron chi connectivity index (χ1n) is 13.3. The average Bonchev–Trinajstić information content (AvgIpc) is 3.04. The minimum absolute atomic E-state index is 0.0575. The number of carbonyl (C=O) groups is 2. The van der Waals surface area contributed by atoms with Crippen LogP contribution < -0.4 is 18.9 Å². The van der Waals surface area contributed by atoms with Gasteiger partial charge in [0.25, 0.3) is 0 Å². The van der Waals surface area contributed by atoms with E-state index >= 15 is 0 Å². The van der Waals surface area contributed by atoms with Crippen LogP contribution in [-0.4, -0.2) is 141 Å². The van der Waals surface area contributed by atoms with Crippen LogP contribution in [-0.2, 0) is 9.47 Å². The standard InChI is InChI=1S/C28H34O16/c1-39-13-5-12(6-14(8-13)41-27-25(37)23(35)21(33)17(9-29)43-27)20(32)19(31)11-3-4-15(16(7-11)40-2)42-28-26(38)24(36)22(34)18(10-30)44-28/h3-8,17-18,21-30,33-38H,9-10H2,1-2H3/t17-,18-,21-,22-,23+,24+,25-,26-,27-,28-/m1/s1. The Kier molecular flexibility index (Phi) is 10.7. The summed E-state index contributed by atoms with van der Waals surface area (Å²) in [6.45, 7) is -1.35. The number of hydrogen-bond acceptors (Lipinski definition) is 16. The summed E-state index contributed by atoms with van der Waals surface area (Å²) >= 11 is 0. The second kappa shape index (κ2) is 14.1. The van der Waals surface area contributed by atoms with Crippen LogP contribution in [0.15, 0.2) is 36.4 Å². The zero-order valence-electron chi connectivity index (χ0n) is 23.5. The van der Waals surface area contributed by atoms with Crippen molar-refractivity contribution in [3.63, 3.8) is 0 Å². The van der Waals surface area contributed by atoms with Crippen LogP contribution in [0.4, 0.5) is 0 Å². The van der Waals surface area contributed by atoms with Crippen molar-refractivity contribution in [2.45, 2.75) is 61.4 Å². The number of Topliss-reactive ketones (excluding diaryl/α,β-unsaturated/α-hetero) is 2. The fraction of sp³-hybridized carbons (Fsp3) is 0.500. The molecule has 0 radical (unpaired) electrons. The molecule has 242 valence electrons. The Bertz CT molecular complexity index is 1310. The van der Waals surface area contributed by atoms with Gasteiger partial charge in [0.1, 0.15) is 60.3 Å². The van der Waals surface area contributed by atoms with E-state index in [1.807, 2.05) is 0 Å². The van der Waals surface area contributed by atoms with E-state index in [9.17, 15) is 50.4 Å². The van der Waals surface area contributed by atoms with Crippen molar-refractivity contribution in [1.29, 1.82) is 0 Å². The number of benzene rings is 2. The third-order valence-corrected chi connectivity index (χ3v) is 7.20. The molecule has 4 rings (SSSR count). The van der Waals surface area contributed by atoms with Crippen molar-refractivity contribution in [3.8, 4) is 23.0 Å². The number of methoxy groups -OCH3 is 2. The molecule has 2 fully saturated rings. The summed E-state index contributed by atoms with van der Waals surface area (Å²) in [7, 11) is 2.54. The molecule has 8 N–H and O–H groups in total. The minimum atomic E-state index is -1.73. The first kappa shape index (κ1) is 33.5. The van der Waals surface area contributed by atoms with Crippen molar-refractivity contribution in [1.82, 2.24) is 0 Å². The highest BCUT2D eigenvalue weighted by atomic mass is 16.7. The number of hydrogen-bond donors (Lipinski definition) is 8. The molecule has 0 aromatic heterocycles. The Morgan fingerprint density at radius 2 is 1.14 bits per heavy atom. The highest BCUT2D eigenvalue weighted by Crippen LogP contribution is 2.33. The third-order valence-electron chi connectivity index (χ3n) is 7.20. The molecule has 44 heavy (non-hydrogen) atoms. The Labute approximate surface area is 250 Å². The molecule has 0 bridgehead atoms. The van der Waals surface area contributed by atoms with Crippen LogP contribution in [0.5, 0.6) is 23.0 Å². The number of carbonyl (C=O) groups excluding carboxylic acids is 2. The first-order valence-corrected chi connectivity index (χ1v) is 13.3. The molecule has 2 aliphatic rings. The molecule has 0 aliphatic carbocycles. The van der Waals surface area contributed by atoms with Crippen LogP contribution in [0, 0.1) is 0 Å². The van der Waals surface area contributed by atoms with E-state index in [-0.39, 0.29) is 34.1 Å². The lowest BCUT2D eigenvalue weighted by Gasteiger charge is -2.39. The zero-order valence-corrected chi connectivity index (χ0v) is 23.5. The predicted octanol–water partition coefficient (Wildman–Crippen LogP) is -2.87. The van der Waals surface area contributed by atoms with E-state index in [2.05, 4.69) is 0 Å². The maximum absolute atomic E-state index is 13.2. The number of rotatable bonds is 11. The number of aliphatic hydroxyl groups is 8. The van der Waals surface area contributed by atoms with Gasteiger partial charge in [-0.25, -0.2) is 0 Å². The molecule has 0 saturated carbocycles. The summed E-state index contributed by atoms with van der Waals surface area (Å²) in [4.78, 5) is 26.5. The van der Waals surface area contributed by atoms with Crippen LogP contribution in [0.3, 0.4) is 0 Å². The Balaban J connectivity index is 1.54. The van der Waals surface area contributed by atoms with Crippen LogP contribution in [0.1, 0.15) is 20.7 Å². The Morgan fingerprint density at radius 3 is 1.66 bits per heavy atom. The summed E-state index contributed by atoms with van der Waals surface area (Å²) in [6, 6.07) is 7.40. The quantitative estimate of drug-likeness (QED) is 0.0921. The highest BCUT2D eigenvalue weighted by Gasteiger charge is 2.46. The van der Waals surface area contributed by atoms with Crippen molar-refractivity contribution in [3.05, 3.63) is 47.5 Å². The van der Waals surface area contributed by atoms with Gasteiger partial charge in [-0.1, -0.05) is 0 Å². The van der Waals surface area contributed by atoms with E-state index < -0.39 is 86.2 Å². The van der Waals surface area contributed by atoms with E-state index in [0.717, 1.165) is 6.07 Å². The van der Waals surface area contributed by atoms with Gasteiger partial charge in [0.2, 0.25) is 24.1 Å². The molecule has 0 spiro atoms. The molecule has 10 atom stereocenters. The summed E-state index contributed by atoms with van der Waals surface area (Å²) in [5, 5.41) is 79.4. The van der Waals surface area contributed by atoms with Gasteiger partial charge in [-0.05, 0) is 30.3 Å². The smallest absolute Gasteiger partial charge is 0.233 e. The van der Waals surface area contributed by atoms with Gasteiger partial charge in [-0.2, -0.15) is 0 Å². The molecule has 2 saturated heterocycles.